The van der Waals surface area contributed by atoms with E-state index in [9.17, 15) is 0 Å². The van der Waals surface area contributed by atoms with Gasteiger partial charge in [-0.2, -0.15) is 5.70 Å². The Labute approximate surface area is 275 Å². The van der Waals surface area contributed by atoms with Crippen molar-refractivity contribution in [1.29, 1.82) is 0 Å². The van der Waals surface area contributed by atoms with Gasteiger partial charge in [0.25, 0.3) is 0 Å². The average Bonchev–Trinajstić information content (AvgIpc) is 3.30. The van der Waals surface area contributed by atoms with Crippen LogP contribution in [-0.2, 0) is 17.1 Å². The van der Waals surface area contributed by atoms with Crippen molar-refractivity contribution >= 4 is 31.7 Å². The summed E-state index contributed by atoms with van der Waals surface area (Å²) in [6.45, 7) is 28.5. The first-order valence-electron chi connectivity index (χ1n) is 15.4. The van der Waals surface area contributed by atoms with Crippen molar-refractivity contribution in [3.05, 3.63) is 69.9 Å². The van der Waals surface area contributed by atoms with E-state index in [0.29, 0.717) is 34.5 Å². The Hall–Kier alpha value is -0.361. The summed E-state index contributed by atoms with van der Waals surface area (Å²) >= 11 is 0. The molecule has 0 bridgehead atoms. The molecule has 0 saturated heterocycles. The maximum Gasteiger partial charge on any atom is 2.00 e. The van der Waals surface area contributed by atoms with Gasteiger partial charge in [0.1, 0.15) is 0 Å². The normalized spacial score (nSPS) is 14.1. The topological polar surface area (TPSA) is 26.5 Å². The number of para-hydroxylation sites is 1. The fraction of sp³-hybridized carbons (Fsp3) is 0.600. The van der Waals surface area contributed by atoms with Gasteiger partial charge in [0.15, 0.2) is 0 Å². The predicted octanol–water partition coefficient (Wildman–Crippen LogP) is 9.61. The van der Waals surface area contributed by atoms with Crippen LogP contribution in [0.4, 0.5) is 11.4 Å². The number of nitrogens with zero attached hydrogens (tertiary/aromatic N) is 2. The van der Waals surface area contributed by atoms with E-state index < -0.39 is 7.05 Å². The zero-order valence-corrected chi connectivity index (χ0v) is 32.1. The van der Waals surface area contributed by atoms with Crippen molar-refractivity contribution in [3.63, 3.8) is 0 Å². The maximum absolute atomic E-state index is 5.97. The van der Waals surface area contributed by atoms with Gasteiger partial charge < -0.3 is 22.3 Å². The first-order chi connectivity index (χ1) is 18.3. The van der Waals surface area contributed by atoms with E-state index in [2.05, 4.69) is 126 Å². The van der Waals surface area contributed by atoms with Gasteiger partial charge in [0, 0.05) is 12.4 Å². The largest absolute Gasteiger partial charge is 2.00 e. The summed E-state index contributed by atoms with van der Waals surface area (Å²) < 4.78 is 5.97. The molecule has 6 heteroatoms. The van der Waals surface area contributed by atoms with Gasteiger partial charge in [-0.3, -0.25) is 4.74 Å². The molecule has 1 aliphatic carbocycles. The zero-order chi connectivity index (χ0) is 29.1. The van der Waals surface area contributed by atoms with Crippen LogP contribution in [-0.4, -0.2) is 22.6 Å². The molecule has 0 fully saturated rings. The van der Waals surface area contributed by atoms with E-state index in [-0.39, 0.29) is 42.0 Å². The molecule has 0 aliphatic heterocycles. The van der Waals surface area contributed by atoms with Gasteiger partial charge in [0.05, 0.1) is 5.69 Å². The summed E-state index contributed by atoms with van der Waals surface area (Å²) in [5, 5.41) is 8.70. The first kappa shape index (κ1) is 38.7. The van der Waals surface area contributed by atoms with Crippen molar-refractivity contribution in [2.45, 2.75) is 137 Å². The van der Waals surface area contributed by atoms with Crippen LogP contribution in [0, 0.1) is 0 Å². The molecule has 1 aliphatic rings. The molecule has 0 amide bonds. The number of halogens is 1. The van der Waals surface area contributed by atoms with E-state index in [1.807, 2.05) is 0 Å². The monoisotopic (exact) mass is 700 g/mol. The van der Waals surface area contributed by atoms with Crippen LogP contribution in [0.5, 0.6) is 0 Å². The molecule has 3 rings (SSSR count). The molecule has 0 aromatic heterocycles. The quantitative estimate of drug-likeness (QED) is 0.165. The Bertz CT molecular complexity index is 1170. The third-order valence-electron chi connectivity index (χ3n) is 8.30. The SMILES string of the molecule is CC(C)c1cccc(C(C)C)c1[N-]C1=C(P(=Nc2ccccc2P(C(C)C)C(C)C)(C(C)C)C(C)C)CCC1.[Br-].[Fe+2]. The van der Waals surface area contributed by atoms with Gasteiger partial charge in [-0.15, -0.1) is 5.69 Å². The zero-order valence-electron chi connectivity index (χ0n) is 27.6. The number of rotatable bonds is 11. The van der Waals surface area contributed by atoms with Gasteiger partial charge in [-0.25, -0.2) is 0 Å². The first-order valence-corrected chi connectivity index (χ1v) is 18.7. The van der Waals surface area contributed by atoms with Crippen LogP contribution in [0.3, 0.4) is 0 Å². The maximum atomic E-state index is 5.97. The van der Waals surface area contributed by atoms with Crippen molar-refractivity contribution in [2.24, 2.45) is 4.74 Å². The fourth-order valence-electron chi connectivity index (χ4n) is 6.60. The van der Waals surface area contributed by atoms with E-state index in [4.69, 9.17) is 10.1 Å². The van der Waals surface area contributed by atoms with Gasteiger partial charge in [-0.05, 0) is 65.1 Å². The second kappa shape index (κ2) is 16.6. The Morgan fingerprint density at radius 2 is 1.22 bits per heavy atom. The van der Waals surface area contributed by atoms with E-state index in [0.717, 1.165) is 12.8 Å². The van der Waals surface area contributed by atoms with Crippen LogP contribution in [0.2, 0.25) is 0 Å². The second-order valence-corrected chi connectivity index (χ2v) is 20.7. The van der Waals surface area contributed by atoms with Crippen molar-refractivity contribution in [2.75, 3.05) is 0 Å². The molecule has 0 heterocycles. The third kappa shape index (κ3) is 8.43. The Morgan fingerprint density at radius 3 is 1.68 bits per heavy atom. The second-order valence-electron chi connectivity index (χ2n) is 13.1. The summed E-state index contributed by atoms with van der Waals surface area (Å²) in [6.07, 6.45) is 3.40. The molecule has 0 radical (unpaired) electrons. The molecule has 0 spiro atoms. The number of hydrogen-bond acceptors (Lipinski definition) is 1. The molecule has 2 nitrogen and oxygen atoms in total. The smallest absolute Gasteiger partial charge is 1.00 e. The summed E-state index contributed by atoms with van der Waals surface area (Å²) in [5.41, 5.74) is 8.82. The van der Waals surface area contributed by atoms with Crippen molar-refractivity contribution in [1.82, 2.24) is 0 Å². The summed E-state index contributed by atoms with van der Waals surface area (Å²) in [7, 11) is -2.17. The molecule has 2 aromatic carbocycles. The van der Waals surface area contributed by atoms with E-state index in [1.54, 1.807) is 5.31 Å². The number of hydrogen-bond donors (Lipinski definition) is 0. The standard InChI is InChI=1S/C35H55N2P2.BrH.Fe/c1-23(2)29-17-15-18-30(24(3)4)35(29)36-32-20-16-22-34(32)39(27(9)10,28(11)12)37-31-19-13-14-21-33(31)38(25(5)6)26(7)8;;/h13-15,17-19,21,23-28H,16,20,22H2,1-12H3;1H;/q-1;;+2/p-1. The van der Waals surface area contributed by atoms with Crippen LogP contribution in [0.25, 0.3) is 5.32 Å². The van der Waals surface area contributed by atoms with Crippen LogP contribution in [0.1, 0.15) is 125 Å². The molecule has 0 unspecified atom stereocenters. The molecule has 230 valence electrons. The molecule has 41 heavy (non-hydrogen) atoms. The molecule has 0 atom stereocenters. The van der Waals surface area contributed by atoms with Gasteiger partial charge in [-0.1, -0.05) is 139 Å². The molecule has 0 N–H and O–H groups in total. The minimum absolute atomic E-state index is 0. The summed E-state index contributed by atoms with van der Waals surface area (Å²) in [4.78, 5) is 0. The summed E-state index contributed by atoms with van der Waals surface area (Å²) in [6, 6.07) is 15.9. The molecular weight excluding hydrogens is 646 g/mol. The Balaban J connectivity index is 0.00000420. The molecule has 2 aromatic rings. The van der Waals surface area contributed by atoms with Crippen LogP contribution >= 0.6 is 15.0 Å². The average molecular weight is 702 g/mol. The minimum atomic E-state index is -1.89. The predicted molar refractivity (Wildman–Crippen MR) is 181 cm³/mol. The molecule has 0 saturated carbocycles. The fourth-order valence-corrected chi connectivity index (χ4v) is 14.3. The number of allylic oxidation sites excluding steroid dienone is 2. The Morgan fingerprint density at radius 1 is 0.707 bits per heavy atom. The van der Waals surface area contributed by atoms with Crippen molar-refractivity contribution < 1.29 is 34.1 Å². The minimum Gasteiger partial charge on any atom is -1.00 e. The third-order valence-corrected chi connectivity index (χ3v) is 16.5. The van der Waals surface area contributed by atoms with Gasteiger partial charge in [0.2, 0.25) is 0 Å². The van der Waals surface area contributed by atoms with Crippen molar-refractivity contribution in [3.8, 4) is 0 Å². The number of benzene rings is 2. The van der Waals surface area contributed by atoms with E-state index in [1.165, 1.54) is 39.9 Å². The van der Waals surface area contributed by atoms with Crippen LogP contribution in [0.15, 0.2) is 58.2 Å². The van der Waals surface area contributed by atoms with Crippen LogP contribution < -0.4 is 22.3 Å². The van der Waals surface area contributed by atoms with E-state index >= 15 is 0 Å². The van der Waals surface area contributed by atoms with Gasteiger partial charge >= 0.3 is 17.1 Å². The molecular formula is C35H55BrFeN2P2. The summed E-state index contributed by atoms with van der Waals surface area (Å²) in [5.74, 6) is 0.899. The Kier molecular flexibility index (Phi) is 15.7.